The molecule has 0 saturated heterocycles. The van der Waals surface area contributed by atoms with Gasteiger partial charge in [0.25, 0.3) is 0 Å². The van der Waals surface area contributed by atoms with E-state index >= 15 is 0 Å². The van der Waals surface area contributed by atoms with Crippen molar-refractivity contribution >= 4 is 11.9 Å². The molecule has 0 heterocycles. The topological polar surface area (TPSA) is 95.9 Å². The molecule has 0 saturated carbocycles. The molecule has 0 aliphatic heterocycles. The van der Waals surface area contributed by atoms with E-state index < -0.39 is 18.2 Å². The largest absolute Gasteiger partial charge is 0.462 e. The fraction of sp³-hybridized carbons (Fsp3) is 0.714. The SMILES string of the molecule is CC/C=C/C=C/C=C\C=C/C=C/CCCC(=O)OC(CCCCC/C=C\CCCC)CC(=O)NC(CO)C(O)CCCCCCCCCCCCCCCC. The molecule has 55 heavy (non-hydrogen) atoms. The standard InChI is InChI=1S/C49H85NO5/c1-4-7-10-13-16-19-21-23-25-26-29-32-35-38-41-47(52)46(44-51)50-48(53)43-45(40-37-34-31-28-18-15-12-9-6-3)55-49(54)42-39-36-33-30-27-24-22-20-17-14-11-8-5-2/h8,11,14-15,17-18,20,22,24,27,30,33,45-47,51-52H,4-7,9-10,12-13,16,19,21,23,25-26,28-29,31-32,34-44H2,1-3H3,(H,50,53)/b11-8+,17-14+,18-15-,22-20-,27-24-,33-30+. The molecular formula is C49H85NO5. The number of allylic oxidation sites excluding steroid dienone is 12. The van der Waals surface area contributed by atoms with Gasteiger partial charge in [0.2, 0.25) is 5.91 Å². The van der Waals surface area contributed by atoms with E-state index in [4.69, 9.17) is 4.74 Å². The van der Waals surface area contributed by atoms with Crippen LogP contribution in [0.4, 0.5) is 0 Å². The molecule has 0 radical (unpaired) electrons. The number of carbonyl (C=O) groups is 2. The van der Waals surface area contributed by atoms with Crippen LogP contribution in [0.3, 0.4) is 0 Å². The number of unbranched alkanes of at least 4 members (excludes halogenated alkanes) is 19. The van der Waals surface area contributed by atoms with Crippen LogP contribution in [0.25, 0.3) is 0 Å². The van der Waals surface area contributed by atoms with E-state index in [-0.39, 0.29) is 24.9 Å². The van der Waals surface area contributed by atoms with Crippen LogP contribution in [0, 0.1) is 0 Å². The van der Waals surface area contributed by atoms with Crippen LogP contribution in [0.5, 0.6) is 0 Å². The maximum atomic E-state index is 13.1. The highest BCUT2D eigenvalue weighted by atomic mass is 16.5. The van der Waals surface area contributed by atoms with E-state index in [9.17, 15) is 19.8 Å². The van der Waals surface area contributed by atoms with Gasteiger partial charge in [0.1, 0.15) is 6.10 Å². The lowest BCUT2D eigenvalue weighted by atomic mass is 10.0. The van der Waals surface area contributed by atoms with Gasteiger partial charge in [-0.15, -0.1) is 0 Å². The molecule has 3 unspecified atom stereocenters. The van der Waals surface area contributed by atoms with Crippen LogP contribution in [-0.2, 0) is 14.3 Å². The Morgan fingerprint density at radius 3 is 1.58 bits per heavy atom. The minimum absolute atomic E-state index is 0.0348. The molecule has 0 aliphatic rings. The maximum Gasteiger partial charge on any atom is 0.306 e. The smallest absolute Gasteiger partial charge is 0.306 e. The Morgan fingerprint density at radius 1 is 0.545 bits per heavy atom. The second-order valence-electron chi connectivity index (χ2n) is 15.2. The highest BCUT2D eigenvalue weighted by Gasteiger charge is 2.24. The van der Waals surface area contributed by atoms with Crippen molar-refractivity contribution < 1.29 is 24.5 Å². The zero-order valence-electron chi connectivity index (χ0n) is 35.8. The third-order valence-corrected chi connectivity index (χ3v) is 9.90. The minimum Gasteiger partial charge on any atom is -0.462 e. The lowest BCUT2D eigenvalue weighted by Crippen LogP contribution is -2.46. The lowest BCUT2D eigenvalue weighted by Gasteiger charge is -2.24. The zero-order valence-corrected chi connectivity index (χ0v) is 35.8. The van der Waals surface area contributed by atoms with Crippen molar-refractivity contribution in [3.8, 4) is 0 Å². The first-order chi connectivity index (χ1) is 27.0. The van der Waals surface area contributed by atoms with Gasteiger partial charge >= 0.3 is 5.97 Å². The second-order valence-corrected chi connectivity index (χ2v) is 15.2. The lowest BCUT2D eigenvalue weighted by molar-refractivity contribution is -0.151. The van der Waals surface area contributed by atoms with E-state index in [1.54, 1.807) is 0 Å². The average Bonchev–Trinajstić information content (AvgIpc) is 3.18. The fourth-order valence-corrected chi connectivity index (χ4v) is 6.44. The number of hydrogen-bond acceptors (Lipinski definition) is 5. The molecule has 0 fully saturated rings. The number of nitrogens with one attached hydrogen (secondary N) is 1. The molecule has 6 heteroatoms. The van der Waals surface area contributed by atoms with Gasteiger partial charge in [0, 0.05) is 6.42 Å². The summed E-state index contributed by atoms with van der Waals surface area (Å²) in [6.07, 6.45) is 52.5. The van der Waals surface area contributed by atoms with Crippen molar-refractivity contribution in [1.29, 1.82) is 0 Å². The quantitative estimate of drug-likeness (QED) is 0.0250. The van der Waals surface area contributed by atoms with Gasteiger partial charge in [0.15, 0.2) is 0 Å². The summed E-state index contributed by atoms with van der Waals surface area (Å²) in [5.74, 6) is -0.587. The molecule has 0 aliphatic carbocycles. The van der Waals surface area contributed by atoms with Gasteiger partial charge < -0.3 is 20.3 Å². The highest BCUT2D eigenvalue weighted by Crippen LogP contribution is 2.17. The van der Waals surface area contributed by atoms with Crippen molar-refractivity contribution in [2.75, 3.05) is 6.61 Å². The first-order valence-corrected chi connectivity index (χ1v) is 22.7. The molecule has 0 rings (SSSR count). The Balaban J connectivity index is 4.64. The molecule has 3 N–H and O–H groups in total. The number of aliphatic hydroxyl groups is 2. The number of rotatable bonds is 39. The molecule has 0 spiro atoms. The van der Waals surface area contributed by atoms with Crippen LogP contribution >= 0.6 is 0 Å². The van der Waals surface area contributed by atoms with E-state index in [1.165, 1.54) is 83.5 Å². The summed E-state index contributed by atoms with van der Waals surface area (Å²) in [7, 11) is 0. The molecule has 0 aromatic rings. The number of amides is 1. The van der Waals surface area contributed by atoms with Crippen LogP contribution < -0.4 is 5.32 Å². The summed E-state index contributed by atoms with van der Waals surface area (Å²) in [4.78, 5) is 25.9. The van der Waals surface area contributed by atoms with E-state index in [2.05, 4.69) is 44.3 Å². The maximum absolute atomic E-state index is 13.1. The van der Waals surface area contributed by atoms with Crippen LogP contribution in [-0.4, -0.2) is 46.9 Å². The summed E-state index contributed by atoms with van der Waals surface area (Å²) < 4.78 is 5.84. The van der Waals surface area contributed by atoms with Crippen LogP contribution in [0.15, 0.2) is 72.9 Å². The second kappa shape index (κ2) is 42.4. The van der Waals surface area contributed by atoms with Crippen molar-refractivity contribution in [3.05, 3.63) is 72.9 Å². The Kier molecular flexibility index (Phi) is 40.4. The van der Waals surface area contributed by atoms with Crippen molar-refractivity contribution in [2.24, 2.45) is 0 Å². The van der Waals surface area contributed by atoms with E-state index in [0.717, 1.165) is 64.2 Å². The van der Waals surface area contributed by atoms with Gasteiger partial charge in [-0.2, -0.15) is 0 Å². The van der Waals surface area contributed by atoms with Gasteiger partial charge in [-0.25, -0.2) is 0 Å². The number of hydrogen-bond donors (Lipinski definition) is 3. The fourth-order valence-electron chi connectivity index (χ4n) is 6.44. The van der Waals surface area contributed by atoms with Crippen LogP contribution in [0.2, 0.25) is 0 Å². The highest BCUT2D eigenvalue weighted by molar-refractivity contribution is 5.77. The van der Waals surface area contributed by atoms with Gasteiger partial charge in [-0.05, 0) is 57.8 Å². The number of carbonyl (C=O) groups excluding carboxylic acids is 2. The summed E-state index contributed by atoms with van der Waals surface area (Å²) >= 11 is 0. The summed E-state index contributed by atoms with van der Waals surface area (Å²) in [6, 6.07) is -0.721. The molecule has 316 valence electrons. The van der Waals surface area contributed by atoms with Crippen molar-refractivity contribution in [3.63, 3.8) is 0 Å². The number of aliphatic hydroxyl groups excluding tert-OH is 2. The molecule has 0 bridgehead atoms. The summed E-state index contributed by atoms with van der Waals surface area (Å²) in [5, 5.41) is 23.6. The Hall–Kier alpha value is -2.70. The Morgan fingerprint density at radius 2 is 1.02 bits per heavy atom. The molecule has 0 aromatic carbocycles. The Bertz CT molecular complexity index is 1040. The monoisotopic (exact) mass is 768 g/mol. The molecule has 3 atom stereocenters. The number of esters is 1. The van der Waals surface area contributed by atoms with Gasteiger partial charge in [0.05, 0.1) is 25.2 Å². The van der Waals surface area contributed by atoms with Gasteiger partial charge in [-0.3, -0.25) is 9.59 Å². The van der Waals surface area contributed by atoms with Crippen molar-refractivity contribution in [2.45, 2.75) is 219 Å². The molecule has 1 amide bonds. The minimum atomic E-state index is -0.804. The third-order valence-electron chi connectivity index (χ3n) is 9.90. The van der Waals surface area contributed by atoms with Gasteiger partial charge in [-0.1, -0.05) is 203 Å². The predicted octanol–water partition coefficient (Wildman–Crippen LogP) is 13.1. The normalized spacial score (nSPS) is 14.1. The molecular weight excluding hydrogens is 683 g/mol. The Labute approximate surface area is 339 Å². The van der Waals surface area contributed by atoms with E-state index in [0.29, 0.717) is 25.7 Å². The average molecular weight is 768 g/mol. The number of ether oxygens (including phenoxy) is 1. The summed E-state index contributed by atoms with van der Waals surface area (Å²) in [6.45, 7) is 6.25. The van der Waals surface area contributed by atoms with Crippen molar-refractivity contribution in [1.82, 2.24) is 5.32 Å². The first kappa shape index (κ1) is 52.3. The predicted molar refractivity (Wildman–Crippen MR) is 236 cm³/mol. The third kappa shape index (κ3) is 38.0. The molecule has 6 nitrogen and oxygen atoms in total. The zero-order chi connectivity index (χ0) is 40.3. The first-order valence-electron chi connectivity index (χ1n) is 22.7. The summed E-state index contributed by atoms with van der Waals surface area (Å²) in [5.41, 5.74) is 0. The van der Waals surface area contributed by atoms with E-state index in [1.807, 2.05) is 54.7 Å². The molecule has 0 aromatic heterocycles. The van der Waals surface area contributed by atoms with Crippen LogP contribution in [0.1, 0.15) is 201 Å².